The summed E-state index contributed by atoms with van der Waals surface area (Å²) in [6, 6.07) is 11.1. The van der Waals surface area contributed by atoms with Crippen LogP contribution in [-0.4, -0.2) is 44.5 Å². The van der Waals surface area contributed by atoms with Gasteiger partial charge in [0.1, 0.15) is 5.82 Å². The van der Waals surface area contributed by atoms with E-state index in [-0.39, 0.29) is 11.8 Å². The maximum atomic E-state index is 12.0. The monoisotopic (exact) mass is 513 g/mol. The van der Waals surface area contributed by atoms with Gasteiger partial charge < -0.3 is 24.8 Å². The van der Waals surface area contributed by atoms with Crippen molar-refractivity contribution >= 4 is 33.2 Å². The lowest BCUT2D eigenvalue weighted by molar-refractivity contribution is 0.297. The Hall–Kier alpha value is -3.57. The van der Waals surface area contributed by atoms with E-state index in [9.17, 15) is 8.42 Å². The molecule has 0 spiro atoms. The van der Waals surface area contributed by atoms with Crippen molar-refractivity contribution in [2.45, 2.75) is 38.5 Å². The summed E-state index contributed by atoms with van der Waals surface area (Å²) in [5.74, 6) is 2.62. The van der Waals surface area contributed by atoms with Crippen LogP contribution in [-0.2, 0) is 16.6 Å². The Kier molecular flexibility index (Phi) is 7.80. The van der Waals surface area contributed by atoms with Gasteiger partial charge in [-0.1, -0.05) is 12.1 Å². The van der Waals surface area contributed by atoms with E-state index < -0.39 is 10.0 Å². The highest BCUT2D eigenvalue weighted by atomic mass is 32.2. The molecule has 10 nitrogen and oxygen atoms in total. The molecule has 0 aliphatic heterocycles. The minimum absolute atomic E-state index is 0.230. The largest absolute Gasteiger partial charge is 0.493 e. The first-order valence-electron chi connectivity index (χ1n) is 11.7. The summed E-state index contributed by atoms with van der Waals surface area (Å²) in [6.07, 6.45) is 3.21. The van der Waals surface area contributed by atoms with Crippen molar-refractivity contribution in [3.8, 4) is 17.2 Å². The van der Waals surface area contributed by atoms with Crippen LogP contribution in [0.3, 0.4) is 0 Å². The second-order valence-electron chi connectivity index (χ2n) is 8.38. The molecule has 192 valence electrons. The topological polar surface area (TPSA) is 124 Å². The number of methoxy groups -OCH3 is 2. The van der Waals surface area contributed by atoms with Crippen LogP contribution < -0.4 is 29.6 Å². The molecule has 4 rings (SSSR count). The van der Waals surface area contributed by atoms with Crippen molar-refractivity contribution in [3.05, 3.63) is 53.7 Å². The SMILES string of the molecule is CCOc1cc(Nc2ncc(C)c(Nc3ccc(CNS(=O)(=O)C4CC4)cc3)n2)cc(OC)c1OC. The van der Waals surface area contributed by atoms with Gasteiger partial charge in [-0.25, -0.2) is 18.1 Å². The molecule has 3 aromatic rings. The molecular weight excluding hydrogens is 482 g/mol. The number of benzene rings is 2. The van der Waals surface area contributed by atoms with Crippen molar-refractivity contribution < 1.29 is 22.6 Å². The van der Waals surface area contributed by atoms with Gasteiger partial charge >= 0.3 is 0 Å². The fraction of sp³-hybridized carbons (Fsp3) is 0.360. The van der Waals surface area contributed by atoms with Crippen LogP contribution in [0.4, 0.5) is 23.1 Å². The first-order valence-corrected chi connectivity index (χ1v) is 13.2. The van der Waals surface area contributed by atoms with Crippen LogP contribution in [0.1, 0.15) is 30.9 Å². The highest BCUT2D eigenvalue weighted by Gasteiger charge is 2.35. The smallest absolute Gasteiger partial charge is 0.229 e. The Morgan fingerprint density at radius 1 is 1.00 bits per heavy atom. The molecule has 11 heteroatoms. The summed E-state index contributed by atoms with van der Waals surface area (Å²) in [4.78, 5) is 9.01. The quantitative estimate of drug-likeness (QED) is 0.326. The highest BCUT2D eigenvalue weighted by molar-refractivity contribution is 7.90. The van der Waals surface area contributed by atoms with Crippen LogP contribution in [0.15, 0.2) is 42.6 Å². The number of hydrogen-bond donors (Lipinski definition) is 3. The standard InChI is InChI=1S/C25H31N5O5S/c1-5-35-22-13-19(12-21(33-3)23(22)34-4)29-25-26-14-16(2)24(30-25)28-18-8-6-17(7-9-18)15-27-36(31,32)20-10-11-20/h6-9,12-14,20,27H,5,10-11,15H2,1-4H3,(H2,26,28,29,30). The van der Waals surface area contributed by atoms with Crippen molar-refractivity contribution in [2.75, 3.05) is 31.5 Å². The fourth-order valence-corrected chi connectivity index (χ4v) is 4.91. The van der Waals surface area contributed by atoms with Crippen molar-refractivity contribution in [1.29, 1.82) is 0 Å². The number of aryl methyl sites for hydroxylation is 1. The number of hydrogen-bond acceptors (Lipinski definition) is 9. The molecule has 0 atom stereocenters. The molecule has 1 heterocycles. The zero-order valence-corrected chi connectivity index (χ0v) is 21.6. The summed E-state index contributed by atoms with van der Waals surface area (Å²) in [5.41, 5.74) is 3.25. The van der Waals surface area contributed by atoms with E-state index in [2.05, 4.69) is 25.3 Å². The Morgan fingerprint density at radius 3 is 2.36 bits per heavy atom. The average Bonchev–Trinajstić information content (AvgIpc) is 3.72. The molecule has 1 saturated carbocycles. The third-order valence-corrected chi connectivity index (χ3v) is 7.53. The van der Waals surface area contributed by atoms with Gasteiger partial charge in [-0.3, -0.25) is 0 Å². The third-order valence-electron chi connectivity index (χ3n) is 5.63. The molecular formula is C25H31N5O5S. The van der Waals surface area contributed by atoms with Crippen molar-refractivity contribution in [1.82, 2.24) is 14.7 Å². The second kappa shape index (κ2) is 11.0. The Bertz CT molecular complexity index is 1310. The van der Waals surface area contributed by atoms with Crippen molar-refractivity contribution in [3.63, 3.8) is 0 Å². The van der Waals surface area contributed by atoms with Crippen LogP contribution >= 0.6 is 0 Å². The molecule has 3 N–H and O–H groups in total. The molecule has 0 bridgehead atoms. The molecule has 1 aromatic heterocycles. The summed E-state index contributed by atoms with van der Waals surface area (Å²) in [7, 11) is -0.0793. The van der Waals surface area contributed by atoms with Gasteiger partial charge in [0, 0.05) is 41.8 Å². The van der Waals surface area contributed by atoms with E-state index in [1.807, 2.05) is 38.1 Å². The minimum atomic E-state index is -3.21. The molecule has 36 heavy (non-hydrogen) atoms. The number of nitrogens with zero attached hydrogens (tertiary/aromatic N) is 2. The van der Waals surface area contributed by atoms with E-state index >= 15 is 0 Å². The molecule has 0 amide bonds. The first-order chi connectivity index (χ1) is 17.3. The number of rotatable bonds is 12. The lowest BCUT2D eigenvalue weighted by atomic mass is 10.2. The van der Waals surface area contributed by atoms with Crippen LogP contribution in [0.25, 0.3) is 0 Å². The maximum absolute atomic E-state index is 12.0. The summed E-state index contributed by atoms with van der Waals surface area (Å²) < 4.78 is 43.3. The maximum Gasteiger partial charge on any atom is 0.229 e. The molecule has 1 aliphatic rings. The van der Waals surface area contributed by atoms with Gasteiger partial charge in [0.25, 0.3) is 0 Å². The van der Waals surface area contributed by atoms with E-state index in [0.29, 0.717) is 41.3 Å². The van der Waals surface area contributed by atoms with Crippen molar-refractivity contribution in [2.24, 2.45) is 0 Å². The number of ether oxygens (including phenoxy) is 3. The molecule has 1 aliphatic carbocycles. The van der Waals surface area contributed by atoms with Crippen LogP contribution in [0, 0.1) is 6.92 Å². The number of anilines is 4. The number of nitrogens with one attached hydrogen (secondary N) is 3. The number of sulfonamides is 1. The highest BCUT2D eigenvalue weighted by Crippen LogP contribution is 2.40. The lowest BCUT2D eigenvalue weighted by Gasteiger charge is -2.16. The summed E-state index contributed by atoms with van der Waals surface area (Å²) >= 11 is 0. The fourth-order valence-electron chi connectivity index (χ4n) is 3.55. The predicted octanol–water partition coefficient (Wildman–Crippen LogP) is 4.27. The van der Waals surface area contributed by atoms with Crippen LogP contribution in [0.5, 0.6) is 17.2 Å². The van der Waals surface area contributed by atoms with E-state index in [4.69, 9.17) is 14.2 Å². The molecule has 0 radical (unpaired) electrons. The third kappa shape index (κ3) is 6.16. The van der Waals surface area contributed by atoms with Gasteiger partial charge in [0.05, 0.1) is 26.1 Å². The normalized spacial score (nSPS) is 13.2. The van der Waals surface area contributed by atoms with Gasteiger partial charge in [-0.2, -0.15) is 4.98 Å². The summed E-state index contributed by atoms with van der Waals surface area (Å²) in [6.45, 7) is 4.56. The zero-order chi connectivity index (χ0) is 25.7. The Morgan fingerprint density at radius 2 is 1.72 bits per heavy atom. The van der Waals surface area contributed by atoms with E-state index in [1.54, 1.807) is 32.5 Å². The van der Waals surface area contributed by atoms with Gasteiger partial charge in [-0.15, -0.1) is 0 Å². The predicted molar refractivity (Wildman–Crippen MR) is 139 cm³/mol. The first kappa shape index (κ1) is 25.5. The van der Waals surface area contributed by atoms with Crippen LogP contribution in [0.2, 0.25) is 0 Å². The Labute approximate surface area is 211 Å². The molecule has 1 fully saturated rings. The molecule has 2 aromatic carbocycles. The van der Waals surface area contributed by atoms with E-state index in [1.165, 1.54) is 0 Å². The zero-order valence-electron chi connectivity index (χ0n) is 20.8. The molecule has 0 unspecified atom stereocenters. The summed E-state index contributed by atoms with van der Waals surface area (Å²) in [5, 5.41) is 6.26. The Balaban J connectivity index is 1.46. The second-order valence-corrected chi connectivity index (χ2v) is 10.4. The lowest BCUT2D eigenvalue weighted by Crippen LogP contribution is -2.26. The van der Waals surface area contributed by atoms with E-state index in [0.717, 1.165) is 29.7 Å². The number of aromatic nitrogens is 2. The average molecular weight is 514 g/mol. The molecule has 0 saturated heterocycles. The minimum Gasteiger partial charge on any atom is -0.493 e. The van der Waals surface area contributed by atoms with Gasteiger partial charge in [0.15, 0.2) is 11.5 Å². The van der Waals surface area contributed by atoms with Gasteiger partial charge in [0.2, 0.25) is 21.7 Å². The van der Waals surface area contributed by atoms with Gasteiger partial charge in [-0.05, 0) is 44.4 Å².